The van der Waals surface area contributed by atoms with E-state index in [1.165, 1.54) is 17.2 Å². The lowest BCUT2D eigenvalue weighted by molar-refractivity contribution is 0.620. The molecule has 2 N–H and O–H groups in total. The molecule has 2 rings (SSSR count). The second-order valence-electron chi connectivity index (χ2n) is 4.61. The Bertz CT molecular complexity index is 599. The van der Waals surface area contributed by atoms with E-state index < -0.39 is 0 Å². The SMILES string of the molecule is Cc1ccccc1CN(C)c1cc(F)c(I)cc1N. The molecule has 19 heavy (non-hydrogen) atoms. The van der Waals surface area contributed by atoms with E-state index in [-0.39, 0.29) is 5.82 Å². The third-order valence-electron chi connectivity index (χ3n) is 3.15. The lowest BCUT2D eigenvalue weighted by atomic mass is 10.1. The molecule has 0 aliphatic carbocycles. The summed E-state index contributed by atoms with van der Waals surface area (Å²) in [5, 5.41) is 0. The van der Waals surface area contributed by atoms with Gasteiger partial charge >= 0.3 is 0 Å². The van der Waals surface area contributed by atoms with E-state index in [1.54, 1.807) is 6.07 Å². The number of halogens is 2. The van der Waals surface area contributed by atoms with E-state index >= 15 is 0 Å². The van der Waals surface area contributed by atoms with Crippen molar-refractivity contribution in [3.8, 4) is 0 Å². The fraction of sp³-hybridized carbons (Fsp3) is 0.200. The Kier molecular flexibility index (Phi) is 4.29. The van der Waals surface area contributed by atoms with Gasteiger partial charge in [-0.1, -0.05) is 24.3 Å². The number of benzene rings is 2. The van der Waals surface area contributed by atoms with Gasteiger partial charge < -0.3 is 10.6 Å². The molecule has 0 bridgehead atoms. The molecule has 0 amide bonds. The molecule has 0 fully saturated rings. The molecule has 2 aromatic carbocycles. The molecule has 0 spiro atoms. The monoisotopic (exact) mass is 370 g/mol. The lowest BCUT2D eigenvalue weighted by Crippen LogP contribution is -2.18. The van der Waals surface area contributed by atoms with Crippen molar-refractivity contribution in [1.82, 2.24) is 0 Å². The van der Waals surface area contributed by atoms with E-state index in [1.807, 2.05) is 46.7 Å². The number of nitrogens with two attached hydrogens (primary N) is 1. The van der Waals surface area contributed by atoms with Crippen molar-refractivity contribution in [3.05, 3.63) is 56.9 Å². The van der Waals surface area contributed by atoms with E-state index in [0.717, 1.165) is 5.69 Å². The van der Waals surface area contributed by atoms with Gasteiger partial charge in [-0.15, -0.1) is 0 Å². The van der Waals surface area contributed by atoms with Crippen molar-refractivity contribution in [2.24, 2.45) is 0 Å². The Labute approximate surface area is 126 Å². The van der Waals surface area contributed by atoms with Gasteiger partial charge in [0, 0.05) is 19.7 Å². The Morgan fingerprint density at radius 3 is 2.63 bits per heavy atom. The van der Waals surface area contributed by atoms with Crippen LogP contribution in [0, 0.1) is 16.3 Å². The van der Waals surface area contributed by atoms with Gasteiger partial charge in [0.15, 0.2) is 0 Å². The minimum Gasteiger partial charge on any atom is -0.397 e. The van der Waals surface area contributed by atoms with Crippen molar-refractivity contribution in [2.75, 3.05) is 17.7 Å². The molecule has 0 saturated heterocycles. The van der Waals surface area contributed by atoms with Crippen LogP contribution in [0.1, 0.15) is 11.1 Å². The van der Waals surface area contributed by atoms with E-state index in [0.29, 0.717) is 15.8 Å². The lowest BCUT2D eigenvalue weighted by Gasteiger charge is -2.22. The second kappa shape index (κ2) is 5.77. The van der Waals surface area contributed by atoms with Crippen LogP contribution in [0.15, 0.2) is 36.4 Å². The summed E-state index contributed by atoms with van der Waals surface area (Å²) >= 11 is 1.95. The topological polar surface area (TPSA) is 29.3 Å². The van der Waals surface area contributed by atoms with Crippen LogP contribution in [0.25, 0.3) is 0 Å². The first-order valence-corrected chi connectivity index (χ1v) is 7.07. The zero-order valence-electron chi connectivity index (χ0n) is 11.0. The smallest absolute Gasteiger partial charge is 0.138 e. The summed E-state index contributed by atoms with van der Waals surface area (Å²) in [5.41, 5.74) is 9.72. The fourth-order valence-corrected chi connectivity index (χ4v) is 2.50. The Morgan fingerprint density at radius 1 is 1.26 bits per heavy atom. The van der Waals surface area contributed by atoms with Gasteiger partial charge in [-0.05, 0) is 46.7 Å². The van der Waals surface area contributed by atoms with Crippen molar-refractivity contribution in [1.29, 1.82) is 0 Å². The highest BCUT2D eigenvalue weighted by Gasteiger charge is 2.11. The summed E-state index contributed by atoms with van der Waals surface area (Å²) in [4.78, 5) is 1.97. The molecule has 100 valence electrons. The average Bonchev–Trinajstić information content (AvgIpc) is 2.36. The third kappa shape index (κ3) is 3.18. The minimum atomic E-state index is -0.235. The number of nitrogens with zero attached hydrogens (tertiary/aromatic N) is 1. The summed E-state index contributed by atoms with van der Waals surface area (Å²) in [6.45, 7) is 2.78. The summed E-state index contributed by atoms with van der Waals surface area (Å²) in [6.07, 6.45) is 0. The van der Waals surface area contributed by atoms with Gasteiger partial charge in [-0.25, -0.2) is 4.39 Å². The number of hydrogen-bond acceptors (Lipinski definition) is 2. The molecule has 2 aromatic rings. The van der Waals surface area contributed by atoms with Crippen LogP contribution < -0.4 is 10.6 Å². The Balaban J connectivity index is 2.28. The quantitative estimate of drug-likeness (QED) is 0.655. The van der Waals surface area contributed by atoms with Crippen LogP contribution in [0.4, 0.5) is 15.8 Å². The van der Waals surface area contributed by atoms with Gasteiger partial charge in [0.25, 0.3) is 0 Å². The van der Waals surface area contributed by atoms with E-state index in [9.17, 15) is 4.39 Å². The third-order valence-corrected chi connectivity index (χ3v) is 3.98. The predicted octanol–water partition coefficient (Wildman–Crippen LogP) is 3.96. The highest BCUT2D eigenvalue weighted by Crippen LogP contribution is 2.28. The molecule has 2 nitrogen and oxygen atoms in total. The van der Waals surface area contributed by atoms with E-state index in [2.05, 4.69) is 19.1 Å². The Hall–Kier alpha value is -1.30. The zero-order valence-corrected chi connectivity index (χ0v) is 13.1. The molecule has 4 heteroatoms. The number of anilines is 2. The van der Waals surface area contributed by atoms with Crippen LogP contribution in [-0.4, -0.2) is 7.05 Å². The summed E-state index contributed by atoms with van der Waals surface area (Å²) in [7, 11) is 1.92. The molecule has 0 radical (unpaired) electrons. The fourth-order valence-electron chi connectivity index (χ4n) is 2.01. The molecule has 0 unspecified atom stereocenters. The van der Waals surface area contributed by atoms with Crippen LogP contribution in [-0.2, 0) is 6.54 Å². The number of aryl methyl sites for hydroxylation is 1. The first-order chi connectivity index (χ1) is 8.99. The molecule has 0 saturated carbocycles. The standard InChI is InChI=1S/C15H16FIN2/c1-10-5-3-4-6-11(10)9-19(2)15-7-12(16)13(17)8-14(15)18/h3-8H,9,18H2,1-2H3. The van der Waals surface area contributed by atoms with Crippen LogP contribution >= 0.6 is 22.6 Å². The van der Waals surface area contributed by atoms with Gasteiger partial charge in [0.05, 0.1) is 14.9 Å². The second-order valence-corrected chi connectivity index (χ2v) is 5.77. The van der Waals surface area contributed by atoms with Gasteiger partial charge in [0.1, 0.15) is 5.82 Å². The first kappa shape index (κ1) is 14.1. The largest absolute Gasteiger partial charge is 0.397 e. The van der Waals surface area contributed by atoms with E-state index in [4.69, 9.17) is 5.73 Å². The van der Waals surface area contributed by atoms with Crippen molar-refractivity contribution in [3.63, 3.8) is 0 Å². The maximum Gasteiger partial charge on any atom is 0.138 e. The van der Waals surface area contributed by atoms with Crippen molar-refractivity contribution >= 4 is 34.0 Å². The summed E-state index contributed by atoms with van der Waals surface area (Å²) in [6, 6.07) is 11.3. The molecule has 0 aliphatic rings. The molecule has 0 aliphatic heterocycles. The van der Waals surface area contributed by atoms with Crippen LogP contribution in [0.5, 0.6) is 0 Å². The molecule has 0 heterocycles. The first-order valence-electron chi connectivity index (χ1n) is 5.99. The number of rotatable bonds is 3. The molecule has 0 atom stereocenters. The molecular formula is C15H16FIN2. The van der Waals surface area contributed by atoms with Crippen LogP contribution in [0.3, 0.4) is 0 Å². The van der Waals surface area contributed by atoms with Crippen molar-refractivity contribution in [2.45, 2.75) is 13.5 Å². The molecule has 0 aromatic heterocycles. The maximum atomic E-state index is 13.6. The summed E-state index contributed by atoms with van der Waals surface area (Å²) in [5.74, 6) is -0.235. The van der Waals surface area contributed by atoms with Gasteiger partial charge in [0.2, 0.25) is 0 Å². The highest BCUT2D eigenvalue weighted by atomic mass is 127. The molecular weight excluding hydrogens is 354 g/mol. The number of nitrogen functional groups attached to an aromatic ring is 1. The van der Waals surface area contributed by atoms with Gasteiger partial charge in [-0.3, -0.25) is 0 Å². The maximum absolute atomic E-state index is 13.6. The predicted molar refractivity (Wildman–Crippen MR) is 86.8 cm³/mol. The minimum absolute atomic E-state index is 0.235. The normalized spacial score (nSPS) is 10.5. The summed E-state index contributed by atoms with van der Waals surface area (Å²) < 4.78 is 14.2. The van der Waals surface area contributed by atoms with Crippen LogP contribution in [0.2, 0.25) is 0 Å². The average molecular weight is 370 g/mol. The zero-order chi connectivity index (χ0) is 14.0. The Morgan fingerprint density at radius 2 is 1.95 bits per heavy atom. The number of hydrogen-bond donors (Lipinski definition) is 1. The highest BCUT2D eigenvalue weighted by molar-refractivity contribution is 14.1. The van der Waals surface area contributed by atoms with Gasteiger partial charge in [-0.2, -0.15) is 0 Å². The van der Waals surface area contributed by atoms with Crippen molar-refractivity contribution < 1.29 is 4.39 Å².